The molecule has 0 amide bonds. The molecule has 0 aromatic carbocycles. The van der Waals surface area contributed by atoms with Gasteiger partial charge in [-0.25, -0.2) is 0 Å². The molecule has 2 N–H and O–H groups in total. The van der Waals surface area contributed by atoms with Gasteiger partial charge in [-0.05, 0) is 52.4 Å². The maximum absolute atomic E-state index is 5.97. The largest absolute Gasteiger partial charge is 0.378 e. The molecule has 0 radical (unpaired) electrons. The number of hydrogen-bond donors (Lipinski definition) is 2. The molecule has 5 atom stereocenters. The molecule has 4 aliphatic rings. The second kappa shape index (κ2) is 6.25. The van der Waals surface area contributed by atoms with Crippen LogP contribution in [-0.2, 0) is 9.47 Å². The molecule has 2 heterocycles. The lowest BCUT2D eigenvalue weighted by molar-refractivity contribution is -0.168. The van der Waals surface area contributed by atoms with E-state index in [1.54, 1.807) is 0 Å². The van der Waals surface area contributed by atoms with Crippen LogP contribution < -0.4 is 10.6 Å². The molecule has 130 valence electrons. The highest BCUT2D eigenvalue weighted by molar-refractivity contribution is 5.81. The van der Waals surface area contributed by atoms with E-state index in [4.69, 9.17) is 9.47 Å². The Morgan fingerprint density at radius 1 is 1.22 bits per heavy atom. The van der Waals surface area contributed by atoms with Gasteiger partial charge < -0.3 is 20.1 Å². The van der Waals surface area contributed by atoms with E-state index in [1.165, 1.54) is 32.1 Å². The van der Waals surface area contributed by atoms with Crippen molar-refractivity contribution >= 4 is 5.96 Å². The third kappa shape index (κ3) is 2.66. The summed E-state index contributed by atoms with van der Waals surface area (Å²) in [6.07, 6.45) is 9.93. The van der Waals surface area contributed by atoms with Crippen LogP contribution in [0, 0.1) is 5.41 Å². The van der Waals surface area contributed by atoms with Gasteiger partial charge in [0.2, 0.25) is 0 Å². The Morgan fingerprint density at radius 2 is 2.09 bits per heavy atom. The first kappa shape index (κ1) is 15.7. The first-order valence-electron chi connectivity index (χ1n) is 9.59. The number of nitrogens with zero attached hydrogens (tertiary/aromatic N) is 1. The number of fused-ring (bicyclic) bond motifs is 2. The zero-order valence-electron chi connectivity index (χ0n) is 14.5. The summed E-state index contributed by atoms with van der Waals surface area (Å²) >= 11 is 0. The molecular weight excluding hydrogens is 290 g/mol. The Bertz CT molecular complexity index is 463. The second-order valence-corrected chi connectivity index (χ2v) is 7.65. The van der Waals surface area contributed by atoms with E-state index in [0.717, 1.165) is 32.0 Å². The normalized spacial score (nSPS) is 40.8. The zero-order chi connectivity index (χ0) is 15.9. The summed E-state index contributed by atoms with van der Waals surface area (Å²) in [7, 11) is 0. The Kier molecular flexibility index (Phi) is 4.26. The van der Waals surface area contributed by atoms with Gasteiger partial charge in [0.25, 0.3) is 0 Å². The summed E-state index contributed by atoms with van der Waals surface area (Å²) in [6.45, 7) is 5.85. The standard InChI is InChI=1S/C18H31N3O2/c1-3-19-17(20-13-10-12-6-7-14(13)23-12)21-15-11-16(22-4-2)18(15)8-5-9-18/h12-16H,3-11H2,1-2H3,(H2,19,20,21). The van der Waals surface area contributed by atoms with Crippen molar-refractivity contribution in [3.8, 4) is 0 Å². The van der Waals surface area contributed by atoms with Gasteiger partial charge in [-0.15, -0.1) is 0 Å². The summed E-state index contributed by atoms with van der Waals surface area (Å²) in [6, 6.07) is 0.955. The monoisotopic (exact) mass is 321 g/mol. The Balaban J connectivity index is 1.37. The summed E-state index contributed by atoms with van der Waals surface area (Å²) in [4.78, 5) is 4.69. The summed E-state index contributed by atoms with van der Waals surface area (Å²) < 4.78 is 11.9. The zero-order valence-corrected chi connectivity index (χ0v) is 14.5. The first-order chi connectivity index (χ1) is 11.2. The maximum atomic E-state index is 5.97. The van der Waals surface area contributed by atoms with Crippen molar-refractivity contribution in [3.05, 3.63) is 0 Å². The molecule has 23 heavy (non-hydrogen) atoms. The molecule has 1 spiro atoms. The number of ether oxygens (including phenoxy) is 2. The Morgan fingerprint density at radius 3 is 2.65 bits per heavy atom. The lowest BCUT2D eigenvalue weighted by Gasteiger charge is -2.61. The van der Waals surface area contributed by atoms with Crippen LogP contribution in [0.3, 0.4) is 0 Å². The topological polar surface area (TPSA) is 54.9 Å². The van der Waals surface area contributed by atoms with Gasteiger partial charge in [0.15, 0.2) is 5.96 Å². The molecule has 2 saturated carbocycles. The molecule has 2 saturated heterocycles. The minimum absolute atomic E-state index is 0.372. The van der Waals surface area contributed by atoms with Crippen LogP contribution in [0.25, 0.3) is 0 Å². The van der Waals surface area contributed by atoms with Crippen LogP contribution in [0.5, 0.6) is 0 Å². The molecule has 4 rings (SSSR count). The van der Waals surface area contributed by atoms with Crippen LogP contribution in [0.1, 0.15) is 58.8 Å². The van der Waals surface area contributed by atoms with Crippen molar-refractivity contribution in [1.29, 1.82) is 0 Å². The summed E-state index contributed by atoms with van der Waals surface area (Å²) in [5.74, 6) is 0.986. The smallest absolute Gasteiger partial charge is 0.191 e. The molecule has 2 bridgehead atoms. The molecule has 5 nitrogen and oxygen atoms in total. The number of hydrogen-bond acceptors (Lipinski definition) is 3. The van der Waals surface area contributed by atoms with Crippen molar-refractivity contribution in [1.82, 2.24) is 10.6 Å². The molecule has 2 aliphatic carbocycles. The molecule has 2 aliphatic heterocycles. The molecular formula is C18H31N3O2. The van der Waals surface area contributed by atoms with Crippen molar-refractivity contribution in [2.75, 3.05) is 13.2 Å². The van der Waals surface area contributed by atoms with E-state index < -0.39 is 0 Å². The predicted octanol–water partition coefficient (Wildman–Crippen LogP) is 2.21. The Hall–Kier alpha value is -0.810. The van der Waals surface area contributed by atoms with E-state index in [9.17, 15) is 0 Å². The quantitative estimate of drug-likeness (QED) is 0.602. The van der Waals surface area contributed by atoms with Crippen LogP contribution in [0.4, 0.5) is 0 Å². The number of guanidine groups is 1. The second-order valence-electron chi connectivity index (χ2n) is 7.65. The van der Waals surface area contributed by atoms with E-state index >= 15 is 0 Å². The van der Waals surface area contributed by atoms with Crippen molar-refractivity contribution in [2.24, 2.45) is 10.4 Å². The van der Waals surface area contributed by atoms with Gasteiger partial charge >= 0.3 is 0 Å². The van der Waals surface area contributed by atoms with E-state index in [1.807, 2.05) is 0 Å². The summed E-state index contributed by atoms with van der Waals surface area (Å²) in [5, 5.41) is 7.38. The van der Waals surface area contributed by atoms with Crippen LogP contribution in [-0.4, -0.2) is 49.5 Å². The fraction of sp³-hybridized carbons (Fsp3) is 0.944. The third-order valence-electron chi connectivity index (χ3n) is 6.49. The third-order valence-corrected chi connectivity index (χ3v) is 6.49. The minimum atomic E-state index is 0.372. The van der Waals surface area contributed by atoms with Crippen LogP contribution >= 0.6 is 0 Å². The number of nitrogens with one attached hydrogen (secondary N) is 2. The average Bonchev–Trinajstić information content (AvgIpc) is 3.07. The van der Waals surface area contributed by atoms with Gasteiger partial charge in [-0.3, -0.25) is 4.99 Å². The van der Waals surface area contributed by atoms with Gasteiger partial charge in [0.1, 0.15) is 0 Å². The van der Waals surface area contributed by atoms with Crippen molar-refractivity contribution in [2.45, 2.75) is 89.2 Å². The first-order valence-corrected chi connectivity index (χ1v) is 9.59. The highest BCUT2D eigenvalue weighted by Gasteiger charge is 2.59. The maximum Gasteiger partial charge on any atom is 0.191 e. The summed E-state index contributed by atoms with van der Waals surface area (Å²) in [5.41, 5.74) is 0.372. The van der Waals surface area contributed by atoms with Crippen molar-refractivity contribution in [3.63, 3.8) is 0 Å². The van der Waals surface area contributed by atoms with Gasteiger partial charge in [-0.2, -0.15) is 0 Å². The Labute approximate surface area is 139 Å². The molecule has 0 aromatic heterocycles. The minimum Gasteiger partial charge on any atom is -0.378 e. The fourth-order valence-corrected chi connectivity index (χ4v) is 5.06. The molecule has 5 unspecified atom stereocenters. The van der Waals surface area contributed by atoms with Gasteiger partial charge in [0.05, 0.1) is 24.4 Å². The average molecular weight is 321 g/mol. The molecule has 4 fully saturated rings. The number of rotatable bonds is 5. The molecule has 0 aromatic rings. The number of aliphatic imine (C=N–C) groups is 1. The fourth-order valence-electron chi connectivity index (χ4n) is 5.06. The van der Waals surface area contributed by atoms with E-state index in [2.05, 4.69) is 29.5 Å². The van der Waals surface area contributed by atoms with Crippen molar-refractivity contribution < 1.29 is 9.47 Å². The van der Waals surface area contributed by atoms with Crippen LogP contribution in [0.2, 0.25) is 0 Å². The van der Waals surface area contributed by atoms with E-state index in [0.29, 0.717) is 35.8 Å². The molecule has 5 heteroatoms. The van der Waals surface area contributed by atoms with E-state index in [-0.39, 0.29) is 0 Å². The van der Waals surface area contributed by atoms with Crippen LogP contribution in [0.15, 0.2) is 4.99 Å². The predicted molar refractivity (Wildman–Crippen MR) is 90.7 cm³/mol. The SMILES string of the molecule is CCN=C(NC1CC2CCC1O2)NC1CC(OCC)C12CCC2. The lowest BCUT2D eigenvalue weighted by Crippen LogP contribution is -2.69. The lowest BCUT2D eigenvalue weighted by atomic mass is 9.51. The highest BCUT2D eigenvalue weighted by Crippen LogP contribution is 2.57. The van der Waals surface area contributed by atoms with Gasteiger partial charge in [0, 0.05) is 24.6 Å². The van der Waals surface area contributed by atoms with Gasteiger partial charge in [-0.1, -0.05) is 6.42 Å². The highest BCUT2D eigenvalue weighted by atomic mass is 16.5.